The first-order valence-electron chi connectivity index (χ1n) is 8.83. The van der Waals surface area contributed by atoms with E-state index in [0.29, 0.717) is 24.6 Å². The van der Waals surface area contributed by atoms with Crippen LogP contribution < -0.4 is 16.0 Å². The van der Waals surface area contributed by atoms with Crippen LogP contribution in [-0.2, 0) is 13.0 Å². The number of hydrogen-bond acceptors (Lipinski definition) is 5. The monoisotopic (exact) mass is 391 g/mol. The molecule has 0 spiro atoms. The van der Waals surface area contributed by atoms with Crippen LogP contribution in [0.1, 0.15) is 36.3 Å². The fraction of sp³-hybridized carbons (Fsp3) is 0.471. The van der Waals surface area contributed by atoms with Crippen LogP contribution in [0.4, 0.5) is 19.7 Å². The van der Waals surface area contributed by atoms with Crippen molar-refractivity contribution in [2.75, 3.05) is 17.2 Å². The van der Waals surface area contributed by atoms with Crippen molar-refractivity contribution >= 4 is 44.9 Å². The van der Waals surface area contributed by atoms with Crippen LogP contribution >= 0.6 is 22.7 Å². The molecule has 1 aliphatic heterocycles. The Hall–Kier alpha value is -2.13. The number of fused-ring (bicyclic) bond motifs is 1. The fourth-order valence-electron chi connectivity index (χ4n) is 3.35. The van der Waals surface area contributed by atoms with Gasteiger partial charge in [0, 0.05) is 23.9 Å². The van der Waals surface area contributed by atoms with Gasteiger partial charge < -0.3 is 10.2 Å². The van der Waals surface area contributed by atoms with Crippen LogP contribution in [0, 0.1) is 0 Å². The van der Waals surface area contributed by atoms with Gasteiger partial charge in [0.05, 0.1) is 17.2 Å². The number of nitrogens with one attached hydrogen (secondary N) is 3. The minimum atomic E-state index is -0.185. The summed E-state index contributed by atoms with van der Waals surface area (Å²) in [7, 11) is 0. The van der Waals surface area contributed by atoms with Gasteiger partial charge >= 0.3 is 12.1 Å². The number of thiazole rings is 1. The molecule has 0 radical (unpaired) electrons. The topological polar surface area (TPSA) is 86.4 Å². The number of hydrogen-bond donors (Lipinski definition) is 3. The van der Waals surface area contributed by atoms with E-state index in [4.69, 9.17) is 0 Å². The third kappa shape index (κ3) is 3.99. The number of carbonyl (C=O) groups is 2. The SMILES string of the molecule is O=C(Nc1nc2c(s1)CN(C(=O)Nc1cccs1)CC2)NC1CCCC1. The van der Waals surface area contributed by atoms with Crippen molar-refractivity contribution in [2.24, 2.45) is 0 Å². The number of urea groups is 2. The van der Waals surface area contributed by atoms with Crippen molar-refractivity contribution in [3.8, 4) is 0 Å². The predicted molar refractivity (Wildman–Crippen MR) is 104 cm³/mol. The van der Waals surface area contributed by atoms with E-state index < -0.39 is 0 Å². The zero-order valence-electron chi connectivity index (χ0n) is 14.3. The molecule has 4 amide bonds. The summed E-state index contributed by atoms with van der Waals surface area (Å²) in [4.78, 5) is 31.8. The number of rotatable bonds is 3. The van der Waals surface area contributed by atoms with E-state index in [1.165, 1.54) is 35.5 Å². The third-order valence-corrected chi connectivity index (χ3v) is 6.46. The second-order valence-electron chi connectivity index (χ2n) is 6.55. The summed E-state index contributed by atoms with van der Waals surface area (Å²) < 4.78 is 0. The molecule has 0 bridgehead atoms. The molecule has 138 valence electrons. The lowest BCUT2D eigenvalue weighted by Crippen LogP contribution is -2.38. The number of thiophene rings is 1. The highest BCUT2D eigenvalue weighted by molar-refractivity contribution is 7.16. The number of nitrogens with zero attached hydrogens (tertiary/aromatic N) is 2. The van der Waals surface area contributed by atoms with Crippen LogP contribution in [-0.4, -0.2) is 34.5 Å². The van der Waals surface area contributed by atoms with Crippen LogP contribution in [0.2, 0.25) is 0 Å². The predicted octanol–water partition coefficient (Wildman–Crippen LogP) is 3.86. The van der Waals surface area contributed by atoms with Gasteiger partial charge in [0.15, 0.2) is 5.13 Å². The summed E-state index contributed by atoms with van der Waals surface area (Å²) in [6.45, 7) is 1.15. The van der Waals surface area contributed by atoms with E-state index >= 15 is 0 Å². The number of aromatic nitrogens is 1. The van der Waals surface area contributed by atoms with Crippen LogP contribution in [0.5, 0.6) is 0 Å². The molecule has 0 saturated heterocycles. The minimum absolute atomic E-state index is 0.0972. The van der Waals surface area contributed by atoms with E-state index in [2.05, 4.69) is 20.9 Å². The normalized spacial score (nSPS) is 17.0. The Balaban J connectivity index is 1.34. The van der Waals surface area contributed by atoms with Gasteiger partial charge in [-0.2, -0.15) is 0 Å². The molecule has 2 aromatic heterocycles. The van der Waals surface area contributed by atoms with Gasteiger partial charge in [-0.1, -0.05) is 24.2 Å². The minimum Gasteiger partial charge on any atom is -0.335 e. The van der Waals surface area contributed by atoms with Gasteiger partial charge in [0.2, 0.25) is 0 Å². The molecule has 3 N–H and O–H groups in total. The standard InChI is InChI=1S/C17H21N5O2S2/c23-15(18-11-4-1-2-5-11)21-16-19-12-7-8-22(10-13(12)26-16)17(24)20-14-6-3-9-25-14/h3,6,9,11H,1-2,4-5,7-8,10H2,(H,20,24)(H2,18,19,21,23). The molecule has 0 aromatic carbocycles. The van der Waals surface area contributed by atoms with E-state index in [1.807, 2.05) is 17.5 Å². The number of amides is 4. The summed E-state index contributed by atoms with van der Waals surface area (Å²) in [5, 5.41) is 12.1. The Labute approximate surface area is 159 Å². The van der Waals surface area contributed by atoms with Gasteiger partial charge in [-0.15, -0.1) is 11.3 Å². The molecule has 1 fully saturated rings. The average Bonchev–Trinajstić information content (AvgIpc) is 3.35. The molecule has 2 aliphatic rings. The fourth-order valence-corrected chi connectivity index (χ4v) is 4.97. The second-order valence-corrected chi connectivity index (χ2v) is 8.58. The van der Waals surface area contributed by atoms with E-state index in [-0.39, 0.29) is 18.1 Å². The van der Waals surface area contributed by atoms with Crippen molar-refractivity contribution in [2.45, 2.75) is 44.7 Å². The molecule has 2 aromatic rings. The van der Waals surface area contributed by atoms with Crippen molar-refractivity contribution in [1.82, 2.24) is 15.2 Å². The Morgan fingerprint density at radius 3 is 2.85 bits per heavy atom. The van der Waals surface area contributed by atoms with Gasteiger partial charge in [-0.05, 0) is 30.4 Å². The summed E-state index contributed by atoms with van der Waals surface area (Å²) in [6, 6.07) is 3.79. The molecule has 9 heteroatoms. The molecular weight excluding hydrogens is 370 g/mol. The Kier molecular flexibility index (Phi) is 5.07. The van der Waals surface area contributed by atoms with Crippen LogP contribution in [0.25, 0.3) is 0 Å². The first kappa shape index (κ1) is 17.3. The zero-order chi connectivity index (χ0) is 17.9. The van der Waals surface area contributed by atoms with Gasteiger partial charge in [-0.25, -0.2) is 14.6 Å². The quantitative estimate of drug-likeness (QED) is 0.743. The molecule has 26 heavy (non-hydrogen) atoms. The van der Waals surface area contributed by atoms with Crippen molar-refractivity contribution in [3.05, 3.63) is 28.1 Å². The maximum absolute atomic E-state index is 12.4. The van der Waals surface area contributed by atoms with Gasteiger partial charge in [0.1, 0.15) is 0 Å². The lowest BCUT2D eigenvalue weighted by molar-refractivity contribution is 0.207. The highest BCUT2D eigenvalue weighted by Crippen LogP contribution is 2.29. The van der Waals surface area contributed by atoms with Crippen LogP contribution in [0.15, 0.2) is 17.5 Å². The van der Waals surface area contributed by atoms with Crippen LogP contribution in [0.3, 0.4) is 0 Å². The van der Waals surface area contributed by atoms with E-state index in [9.17, 15) is 9.59 Å². The Morgan fingerprint density at radius 2 is 2.08 bits per heavy atom. The first-order chi connectivity index (χ1) is 12.7. The maximum Gasteiger partial charge on any atom is 0.322 e. The third-order valence-electron chi connectivity index (χ3n) is 4.68. The zero-order valence-corrected chi connectivity index (χ0v) is 15.9. The van der Waals surface area contributed by atoms with Gasteiger partial charge in [0.25, 0.3) is 0 Å². The summed E-state index contributed by atoms with van der Waals surface area (Å²) in [6.07, 6.45) is 5.17. The number of anilines is 2. The average molecular weight is 392 g/mol. The van der Waals surface area contributed by atoms with Crippen molar-refractivity contribution in [1.29, 1.82) is 0 Å². The molecule has 3 heterocycles. The summed E-state index contributed by atoms with van der Waals surface area (Å²) in [5.41, 5.74) is 0.978. The lowest BCUT2D eigenvalue weighted by atomic mass is 10.2. The number of carbonyl (C=O) groups excluding carboxylic acids is 2. The highest BCUT2D eigenvalue weighted by Gasteiger charge is 2.25. The van der Waals surface area contributed by atoms with Crippen molar-refractivity contribution < 1.29 is 9.59 Å². The summed E-state index contributed by atoms with van der Waals surface area (Å²) >= 11 is 2.95. The smallest absolute Gasteiger partial charge is 0.322 e. The highest BCUT2D eigenvalue weighted by atomic mass is 32.1. The van der Waals surface area contributed by atoms with E-state index in [1.54, 1.807) is 4.90 Å². The summed E-state index contributed by atoms with van der Waals surface area (Å²) in [5.74, 6) is 0. The molecule has 1 aliphatic carbocycles. The van der Waals surface area contributed by atoms with Crippen molar-refractivity contribution in [3.63, 3.8) is 0 Å². The molecular formula is C17H21N5O2S2. The van der Waals surface area contributed by atoms with E-state index in [0.717, 1.165) is 28.4 Å². The second kappa shape index (κ2) is 7.63. The Morgan fingerprint density at radius 1 is 1.23 bits per heavy atom. The first-order valence-corrected chi connectivity index (χ1v) is 10.5. The van der Waals surface area contributed by atoms with Gasteiger partial charge in [-0.3, -0.25) is 10.6 Å². The molecule has 0 atom stereocenters. The molecule has 1 saturated carbocycles. The molecule has 7 nitrogen and oxygen atoms in total. The molecule has 0 unspecified atom stereocenters. The Bertz CT molecular complexity index is 783. The molecule has 4 rings (SSSR count). The maximum atomic E-state index is 12.4. The lowest BCUT2D eigenvalue weighted by Gasteiger charge is -2.25. The largest absolute Gasteiger partial charge is 0.335 e.